The molecule has 0 aromatic heterocycles. The summed E-state index contributed by atoms with van der Waals surface area (Å²) in [6, 6.07) is 0. The summed E-state index contributed by atoms with van der Waals surface area (Å²) in [5, 5.41) is 0. The van der Waals surface area contributed by atoms with Gasteiger partial charge in [0.2, 0.25) is 0 Å². The van der Waals surface area contributed by atoms with Crippen LogP contribution >= 0.6 is 22.6 Å². The van der Waals surface area contributed by atoms with E-state index in [1.807, 2.05) is 0 Å². The molecule has 0 saturated carbocycles. The molecule has 0 rings (SSSR count). The molecule has 0 aromatic carbocycles. The summed E-state index contributed by atoms with van der Waals surface area (Å²) < 4.78 is 1.07. The number of carbonyl (C=O) groups excluding carboxylic acids is 1. The van der Waals surface area contributed by atoms with Crippen LogP contribution in [0, 0.1) is 0 Å². The highest BCUT2D eigenvalue weighted by Gasteiger charge is 1.95. The summed E-state index contributed by atoms with van der Waals surface area (Å²) in [5.74, 6) is 0.307. The van der Waals surface area contributed by atoms with Crippen LogP contribution in [0.5, 0.6) is 0 Å². The van der Waals surface area contributed by atoms with Gasteiger partial charge < -0.3 is 0 Å². The molecule has 0 atom stereocenters. The van der Waals surface area contributed by atoms with E-state index in [1.165, 1.54) is 0 Å². The van der Waals surface area contributed by atoms with Gasteiger partial charge in [-0.15, -0.1) is 6.58 Å². The number of alkyl halides is 1. The van der Waals surface area contributed by atoms with Gasteiger partial charge in [-0.1, -0.05) is 28.7 Å². The zero-order chi connectivity index (χ0) is 7.11. The lowest BCUT2D eigenvalue weighted by atomic mass is 10.2. The third-order valence-electron chi connectivity index (χ3n) is 0.961. The maximum absolute atomic E-state index is 10.7. The van der Waals surface area contributed by atoms with Crippen LogP contribution in [-0.4, -0.2) is 10.2 Å². The number of rotatable bonds is 5. The summed E-state index contributed by atoms with van der Waals surface area (Å²) in [6.07, 6.45) is 3.92. The van der Waals surface area contributed by atoms with Crippen LogP contribution in [0.3, 0.4) is 0 Å². The molecule has 0 heterocycles. The highest BCUT2D eigenvalue weighted by atomic mass is 127. The Bertz CT molecular complexity index is 99.1. The fourth-order valence-corrected chi connectivity index (χ4v) is 0.908. The highest BCUT2D eigenvalue weighted by Crippen LogP contribution is 1.98. The Morgan fingerprint density at radius 2 is 2.33 bits per heavy atom. The van der Waals surface area contributed by atoms with Gasteiger partial charge in [0, 0.05) is 12.8 Å². The van der Waals surface area contributed by atoms with Crippen molar-refractivity contribution in [2.24, 2.45) is 0 Å². The Labute approximate surface area is 69.7 Å². The average Bonchev–Trinajstić information content (AvgIpc) is 1.85. The lowest BCUT2D eigenvalue weighted by Gasteiger charge is -1.91. The molecule has 1 nitrogen and oxygen atoms in total. The summed E-state index contributed by atoms with van der Waals surface area (Å²) in [6.45, 7) is 3.49. The molecule has 0 unspecified atom stereocenters. The zero-order valence-electron chi connectivity index (χ0n) is 5.40. The molecular weight excluding hydrogens is 227 g/mol. The molecule has 0 aliphatic rings. The topological polar surface area (TPSA) is 17.1 Å². The summed E-state index contributed by atoms with van der Waals surface area (Å²) in [5.41, 5.74) is 0. The van der Waals surface area contributed by atoms with E-state index in [4.69, 9.17) is 0 Å². The van der Waals surface area contributed by atoms with Gasteiger partial charge in [0.1, 0.15) is 5.78 Å². The van der Waals surface area contributed by atoms with Crippen molar-refractivity contribution in [1.29, 1.82) is 0 Å². The van der Waals surface area contributed by atoms with Gasteiger partial charge in [-0.3, -0.25) is 4.79 Å². The molecule has 0 amide bonds. The highest BCUT2D eigenvalue weighted by molar-refractivity contribution is 14.1. The van der Waals surface area contributed by atoms with Crippen LogP contribution in [0.1, 0.15) is 19.3 Å². The lowest BCUT2D eigenvalue weighted by Crippen LogP contribution is -1.94. The summed E-state index contributed by atoms with van der Waals surface area (Å²) in [4.78, 5) is 10.7. The van der Waals surface area contributed by atoms with E-state index in [1.54, 1.807) is 6.08 Å². The van der Waals surface area contributed by atoms with Crippen LogP contribution in [0.2, 0.25) is 0 Å². The zero-order valence-corrected chi connectivity index (χ0v) is 7.56. The Morgan fingerprint density at radius 3 is 2.78 bits per heavy atom. The second-order valence-electron chi connectivity index (χ2n) is 1.82. The molecular formula is C7H11IO. The van der Waals surface area contributed by atoms with Crippen LogP contribution < -0.4 is 0 Å². The van der Waals surface area contributed by atoms with Crippen molar-refractivity contribution in [2.45, 2.75) is 19.3 Å². The van der Waals surface area contributed by atoms with Crippen molar-refractivity contribution < 1.29 is 4.79 Å². The largest absolute Gasteiger partial charge is 0.299 e. The molecule has 0 aliphatic heterocycles. The molecule has 0 radical (unpaired) electrons. The third kappa shape index (κ3) is 6.02. The summed E-state index contributed by atoms with van der Waals surface area (Å²) >= 11 is 2.27. The number of allylic oxidation sites excluding steroid dienone is 1. The second-order valence-corrected chi connectivity index (χ2v) is 2.90. The van der Waals surface area contributed by atoms with E-state index in [0.29, 0.717) is 12.2 Å². The molecule has 0 saturated heterocycles. The minimum atomic E-state index is 0.307. The lowest BCUT2D eigenvalue weighted by molar-refractivity contribution is -0.118. The smallest absolute Gasteiger partial charge is 0.136 e. The number of hydrogen-bond donors (Lipinski definition) is 0. The Hall–Kier alpha value is 0.140. The third-order valence-corrected chi connectivity index (χ3v) is 1.72. The van der Waals surface area contributed by atoms with Crippen molar-refractivity contribution in [3.8, 4) is 0 Å². The molecule has 0 aliphatic carbocycles. The molecule has 9 heavy (non-hydrogen) atoms. The first kappa shape index (κ1) is 9.14. The van der Waals surface area contributed by atoms with E-state index in [0.717, 1.165) is 17.3 Å². The first-order chi connectivity index (χ1) is 4.31. The van der Waals surface area contributed by atoms with Crippen molar-refractivity contribution >= 4 is 28.4 Å². The van der Waals surface area contributed by atoms with Crippen molar-refractivity contribution in [3.63, 3.8) is 0 Å². The van der Waals surface area contributed by atoms with E-state index in [-0.39, 0.29) is 0 Å². The van der Waals surface area contributed by atoms with Crippen molar-refractivity contribution in [1.82, 2.24) is 0 Å². The molecule has 0 aromatic rings. The van der Waals surface area contributed by atoms with Crippen LogP contribution in [0.25, 0.3) is 0 Å². The van der Waals surface area contributed by atoms with Gasteiger partial charge in [0.05, 0.1) is 0 Å². The van der Waals surface area contributed by atoms with Gasteiger partial charge in [0.15, 0.2) is 0 Å². The fraction of sp³-hybridized carbons (Fsp3) is 0.571. The Kier molecular flexibility index (Phi) is 6.36. The normalized spacial score (nSPS) is 9.00. The summed E-state index contributed by atoms with van der Waals surface area (Å²) in [7, 11) is 0. The monoisotopic (exact) mass is 238 g/mol. The number of carbonyl (C=O) groups is 1. The Morgan fingerprint density at radius 1 is 1.67 bits per heavy atom. The molecule has 2 heteroatoms. The van der Waals surface area contributed by atoms with E-state index in [9.17, 15) is 4.79 Å². The first-order valence-electron chi connectivity index (χ1n) is 2.99. The van der Waals surface area contributed by atoms with Crippen molar-refractivity contribution in [3.05, 3.63) is 12.7 Å². The number of Topliss-reactive ketones (excluding diaryl/α,β-unsaturated/α-hetero) is 1. The number of hydrogen-bond acceptors (Lipinski definition) is 1. The molecule has 0 fully saturated rings. The van der Waals surface area contributed by atoms with Crippen LogP contribution in [0.15, 0.2) is 12.7 Å². The van der Waals surface area contributed by atoms with Crippen LogP contribution in [0.4, 0.5) is 0 Å². The fourth-order valence-electron chi connectivity index (χ4n) is 0.527. The standard InChI is InChI=1S/C7H11IO/c1-2-4-7(9)5-3-6-8/h2H,1,3-6H2. The first-order valence-corrected chi connectivity index (χ1v) is 4.52. The number of ketones is 1. The Balaban J connectivity index is 3.16. The predicted molar refractivity (Wildman–Crippen MR) is 47.9 cm³/mol. The maximum Gasteiger partial charge on any atom is 0.136 e. The minimum Gasteiger partial charge on any atom is -0.299 e. The van der Waals surface area contributed by atoms with Gasteiger partial charge in [-0.2, -0.15) is 0 Å². The second kappa shape index (κ2) is 6.26. The molecule has 0 bridgehead atoms. The number of halogens is 1. The van der Waals surface area contributed by atoms with Gasteiger partial charge >= 0.3 is 0 Å². The van der Waals surface area contributed by atoms with E-state index < -0.39 is 0 Å². The van der Waals surface area contributed by atoms with E-state index >= 15 is 0 Å². The van der Waals surface area contributed by atoms with Gasteiger partial charge in [-0.05, 0) is 10.8 Å². The van der Waals surface area contributed by atoms with E-state index in [2.05, 4.69) is 29.2 Å². The maximum atomic E-state index is 10.7. The minimum absolute atomic E-state index is 0.307. The van der Waals surface area contributed by atoms with Crippen molar-refractivity contribution in [2.75, 3.05) is 4.43 Å². The molecule has 0 N–H and O–H groups in total. The average molecular weight is 238 g/mol. The van der Waals surface area contributed by atoms with Crippen LogP contribution in [-0.2, 0) is 4.79 Å². The predicted octanol–water partition coefficient (Wildman–Crippen LogP) is 2.35. The quantitative estimate of drug-likeness (QED) is 0.408. The molecule has 52 valence electrons. The van der Waals surface area contributed by atoms with Gasteiger partial charge in [0.25, 0.3) is 0 Å². The SMILES string of the molecule is C=CCC(=O)CCCI. The van der Waals surface area contributed by atoms with Gasteiger partial charge in [-0.25, -0.2) is 0 Å². The molecule has 0 spiro atoms.